The van der Waals surface area contributed by atoms with E-state index in [2.05, 4.69) is 16.8 Å². The minimum Gasteiger partial charge on any atom is -0.486 e. The fraction of sp³-hybridized carbons (Fsp3) is 0.375. The SMILES string of the molecule is C=CCn1c(COc2ccc(Cl)cc2)nnc1SC1CCS(=O)(=O)C1. The van der Waals surface area contributed by atoms with Gasteiger partial charge in [-0.1, -0.05) is 29.4 Å². The second-order valence-electron chi connectivity index (χ2n) is 5.68. The van der Waals surface area contributed by atoms with Crippen molar-refractivity contribution in [1.29, 1.82) is 0 Å². The molecule has 0 aliphatic carbocycles. The van der Waals surface area contributed by atoms with Crippen molar-refractivity contribution in [2.45, 2.75) is 30.0 Å². The van der Waals surface area contributed by atoms with Crippen LogP contribution < -0.4 is 4.74 Å². The maximum absolute atomic E-state index is 11.6. The minimum atomic E-state index is -2.92. The number of hydrogen-bond acceptors (Lipinski definition) is 6. The Morgan fingerprint density at radius 3 is 2.76 bits per heavy atom. The molecule has 1 fully saturated rings. The van der Waals surface area contributed by atoms with Crippen LogP contribution >= 0.6 is 23.4 Å². The van der Waals surface area contributed by atoms with Crippen LogP contribution in [0.3, 0.4) is 0 Å². The number of halogens is 1. The molecule has 0 amide bonds. The van der Waals surface area contributed by atoms with Crippen molar-refractivity contribution in [2.24, 2.45) is 0 Å². The number of ether oxygens (including phenoxy) is 1. The third kappa shape index (κ3) is 4.77. The average molecular weight is 400 g/mol. The average Bonchev–Trinajstić information content (AvgIpc) is 3.11. The second kappa shape index (κ2) is 7.80. The van der Waals surface area contributed by atoms with E-state index in [1.807, 2.05) is 4.57 Å². The lowest BCUT2D eigenvalue weighted by atomic mass is 10.3. The summed E-state index contributed by atoms with van der Waals surface area (Å²) in [6, 6.07) is 7.09. The van der Waals surface area contributed by atoms with Gasteiger partial charge in [0.2, 0.25) is 0 Å². The van der Waals surface area contributed by atoms with E-state index in [9.17, 15) is 8.42 Å². The second-order valence-corrected chi connectivity index (χ2v) is 9.62. The van der Waals surface area contributed by atoms with Crippen LogP contribution in [-0.4, -0.2) is 39.9 Å². The van der Waals surface area contributed by atoms with E-state index in [0.29, 0.717) is 34.7 Å². The molecule has 1 aliphatic heterocycles. The van der Waals surface area contributed by atoms with Gasteiger partial charge in [0.25, 0.3) is 0 Å². The predicted molar refractivity (Wildman–Crippen MR) is 98.9 cm³/mol. The van der Waals surface area contributed by atoms with Gasteiger partial charge in [-0.3, -0.25) is 4.57 Å². The molecule has 1 saturated heterocycles. The summed E-state index contributed by atoms with van der Waals surface area (Å²) in [6.07, 6.45) is 2.40. The molecule has 1 aliphatic rings. The fourth-order valence-electron chi connectivity index (χ4n) is 2.51. The summed E-state index contributed by atoms with van der Waals surface area (Å²) >= 11 is 7.31. The molecule has 0 saturated carbocycles. The smallest absolute Gasteiger partial charge is 0.191 e. The summed E-state index contributed by atoms with van der Waals surface area (Å²) in [7, 11) is -2.92. The molecule has 0 bridgehead atoms. The number of thioether (sulfide) groups is 1. The number of sulfone groups is 1. The van der Waals surface area contributed by atoms with Crippen LogP contribution in [0.5, 0.6) is 5.75 Å². The van der Waals surface area contributed by atoms with Gasteiger partial charge in [0.05, 0.1) is 11.5 Å². The highest BCUT2D eigenvalue weighted by atomic mass is 35.5. The summed E-state index contributed by atoms with van der Waals surface area (Å²) in [4.78, 5) is 0. The highest BCUT2D eigenvalue weighted by Gasteiger charge is 2.30. The molecule has 1 aromatic carbocycles. The van der Waals surface area contributed by atoms with Crippen molar-refractivity contribution >= 4 is 33.2 Å². The van der Waals surface area contributed by atoms with Gasteiger partial charge in [0.15, 0.2) is 20.8 Å². The molecular weight excluding hydrogens is 382 g/mol. The molecule has 6 nitrogen and oxygen atoms in total. The van der Waals surface area contributed by atoms with Gasteiger partial charge >= 0.3 is 0 Å². The molecule has 25 heavy (non-hydrogen) atoms. The minimum absolute atomic E-state index is 0.0165. The maximum atomic E-state index is 11.6. The molecule has 1 atom stereocenters. The van der Waals surface area contributed by atoms with E-state index < -0.39 is 9.84 Å². The van der Waals surface area contributed by atoms with Crippen molar-refractivity contribution in [3.05, 3.63) is 47.8 Å². The van der Waals surface area contributed by atoms with Crippen LogP contribution in [0, 0.1) is 0 Å². The van der Waals surface area contributed by atoms with Gasteiger partial charge in [-0.25, -0.2) is 8.42 Å². The summed E-state index contributed by atoms with van der Waals surface area (Å²) in [5.74, 6) is 1.79. The first kappa shape index (κ1) is 18.3. The van der Waals surface area contributed by atoms with Gasteiger partial charge in [-0.05, 0) is 30.7 Å². The van der Waals surface area contributed by atoms with Crippen molar-refractivity contribution in [3.63, 3.8) is 0 Å². The zero-order chi connectivity index (χ0) is 17.9. The molecule has 2 aromatic rings. The highest BCUT2D eigenvalue weighted by Crippen LogP contribution is 2.30. The summed E-state index contributed by atoms with van der Waals surface area (Å²) < 4.78 is 30.9. The van der Waals surface area contributed by atoms with Crippen LogP contribution in [0.25, 0.3) is 0 Å². The molecule has 0 radical (unpaired) electrons. The van der Waals surface area contributed by atoms with Gasteiger partial charge in [0, 0.05) is 16.8 Å². The normalized spacial score (nSPS) is 19.0. The third-order valence-electron chi connectivity index (χ3n) is 3.75. The maximum Gasteiger partial charge on any atom is 0.191 e. The lowest BCUT2D eigenvalue weighted by Gasteiger charge is -2.11. The van der Waals surface area contributed by atoms with E-state index in [-0.39, 0.29) is 23.4 Å². The first-order valence-electron chi connectivity index (χ1n) is 7.75. The molecule has 3 rings (SSSR count). The van der Waals surface area contributed by atoms with Crippen molar-refractivity contribution < 1.29 is 13.2 Å². The molecular formula is C16H18ClN3O3S2. The van der Waals surface area contributed by atoms with Crippen LogP contribution in [0.4, 0.5) is 0 Å². The zero-order valence-corrected chi connectivity index (χ0v) is 15.9. The van der Waals surface area contributed by atoms with E-state index in [4.69, 9.17) is 16.3 Å². The monoisotopic (exact) mass is 399 g/mol. The van der Waals surface area contributed by atoms with Crippen molar-refractivity contribution in [1.82, 2.24) is 14.8 Å². The first-order chi connectivity index (χ1) is 12.0. The number of hydrogen-bond donors (Lipinski definition) is 0. The number of rotatable bonds is 7. The Labute approximate surface area is 156 Å². The van der Waals surface area contributed by atoms with E-state index in [0.717, 1.165) is 0 Å². The quantitative estimate of drug-likeness (QED) is 0.666. The molecule has 9 heteroatoms. The third-order valence-corrected chi connectivity index (χ3v) is 7.23. The summed E-state index contributed by atoms with van der Waals surface area (Å²) in [5.41, 5.74) is 0. The largest absolute Gasteiger partial charge is 0.486 e. The molecule has 1 aromatic heterocycles. The van der Waals surface area contributed by atoms with Gasteiger partial charge in [-0.2, -0.15) is 0 Å². The highest BCUT2D eigenvalue weighted by molar-refractivity contribution is 8.01. The van der Waals surface area contributed by atoms with Gasteiger partial charge < -0.3 is 4.74 Å². The number of benzene rings is 1. The van der Waals surface area contributed by atoms with E-state index in [1.165, 1.54) is 11.8 Å². The first-order valence-corrected chi connectivity index (χ1v) is 10.8. The molecule has 2 heterocycles. The van der Waals surface area contributed by atoms with Crippen LogP contribution in [0.1, 0.15) is 12.2 Å². The Bertz CT molecular complexity index is 850. The Kier molecular flexibility index (Phi) is 5.71. The van der Waals surface area contributed by atoms with Gasteiger partial charge in [-0.15, -0.1) is 16.8 Å². The summed E-state index contributed by atoms with van der Waals surface area (Å²) in [5, 5.41) is 9.75. The van der Waals surface area contributed by atoms with E-state index in [1.54, 1.807) is 30.3 Å². The lowest BCUT2D eigenvalue weighted by Crippen LogP contribution is -2.10. The summed E-state index contributed by atoms with van der Waals surface area (Å²) in [6.45, 7) is 4.56. The van der Waals surface area contributed by atoms with Crippen molar-refractivity contribution in [2.75, 3.05) is 11.5 Å². The molecule has 0 spiro atoms. The van der Waals surface area contributed by atoms with Crippen LogP contribution in [0.2, 0.25) is 5.02 Å². The Hall–Kier alpha value is -1.51. The van der Waals surface area contributed by atoms with Gasteiger partial charge in [0.1, 0.15) is 12.4 Å². The number of allylic oxidation sites excluding steroid dienone is 1. The number of nitrogens with zero attached hydrogens (tertiary/aromatic N) is 3. The zero-order valence-electron chi connectivity index (χ0n) is 13.5. The van der Waals surface area contributed by atoms with Crippen LogP contribution in [-0.2, 0) is 23.0 Å². The topological polar surface area (TPSA) is 74.1 Å². The fourth-order valence-corrected chi connectivity index (χ4v) is 6.15. The lowest BCUT2D eigenvalue weighted by molar-refractivity contribution is 0.289. The van der Waals surface area contributed by atoms with Crippen LogP contribution in [0.15, 0.2) is 42.1 Å². The Morgan fingerprint density at radius 1 is 1.36 bits per heavy atom. The molecule has 0 N–H and O–H groups in total. The predicted octanol–water partition coefficient (Wildman–Crippen LogP) is 2.98. The number of aromatic nitrogens is 3. The molecule has 134 valence electrons. The molecule has 1 unspecified atom stereocenters. The van der Waals surface area contributed by atoms with Crippen molar-refractivity contribution in [3.8, 4) is 5.75 Å². The Morgan fingerprint density at radius 2 is 2.12 bits per heavy atom. The van der Waals surface area contributed by atoms with E-state index >= 15 is 0 Å². The Balaban J connectivity index is 1.70. The standard InChI is InChI=1S/C16H18ClN3O3S2/c1-2-8-20-15(10-23-13-5-3-12(17)4-6-13)18-19-16(20)24-14-7-9-25(21,22)11-14/h2-6,14H,1,7-11H2.